The molecule has 8 nitrogen and oxygen atoms in total. The third-order valence-corrected chi connectivity index (χ3v) is 6.33. The summed E-state index contributed by atoms with van der Waals surface area (Å²) in [7, 11) is 1.60. The lowest BCUT2D eigenvalue weighted by atomic mass is 10.0. The number of rotatable bonds is 7. The van der Waals surface area contributed by atoms with Crippen LogP contribution < -0.4 is 15.4 Å². The molecule has 2 aliphatic rings. The van der Waals surface area contributed by atoms with Crippen LogP contribution in [0.5, 0.6) is 5.75 Å². The van der Waals surface area contributed by atoms with Gasteiger partial charge in [0.05, 0.1) is 13.5 Å². The van der Waals surface area contributed by atoms with Gasteiger partial charge in [-0.1, -0.05) is 24.3 Å². The fraction of sp³-hybridized carbons (Fsp3) is 0.423. The summed E-state index contributed by atoms with van der Waals surface area (Å²) in [5.41, 5.74) is 1.93. The summed E-state index contributed by atoms with van der Waals surface area (Å²) in [6.45, 7) is 1.79. The van der Waals surface area contributed by atoms with Gasteiger partial charge in [-0.3, -0.25) is 14.4 Å². The van der Waals surface area contributed by atoms with Gasteiger partial charge in [-0.25, -0.2) is 0 Å². The van der Waals surface area contributed by atoms with Gasteiger partial charge in [-0.15, -0.1) is 0 Å². The van der Waals surface area contributed by atoms with E-state index in [0.29, 0.717) is 62.4 Å². The van der Waals surface area contributed by atoms with E-state index < -0.39 is 6.10 Å². The third-order valence-electron chi connectivity index (χ3n) is 6.33. The average molecular weight is 466 g/mol. The summed E-state index contributed by atoms with van der Waals surface area (Å²) >= 11 is 0. The van der Waals surface area contributed by atoms with Gasteiger partial charge in [0.15, 0.2) is 0 Å². The Balaban J connectivity index is 1.26. The van der Waals surface area contributed by atoms with Crippen molar-refractivity contribution in [2.45, 2.75) is 44.2 Å². The Kier molecular flexibility index (Phi) is 7.80. The molecular weight excluding hydrogens is 434 g/mol. The average Bonchev–Trinajstić information content (AvgIpc) is 3.40. The molecule has 2 N–H and O–H groups in total. The molecule has 8 heteroatoms. The van der Waals surface area contributed by atoms with Crippen molar-refractivity contribution in [3.8, 4) is 5.75 Å². The number of methoxy groups -OCH3 is 1. The molecule has 0 radical (unpaired) electrons. The normalized spacial score (nSPS) is 18.4. The maximum Gasteiger partial charge on any atom is 0.253 e. The van der Waals surface area contributed by atoms with Crippen LogP contribution in [0.2, 0.25) is 0 Å². The van der Waals surface area contributed by atoms with Crippen molar-refractivity contribution in [1.29, 1.82) is 0 Å². The van der Waals surface area contributed by atoms with Gasteiger partial charge < -0.3 is 25.0 Å². The topological polar surface area (TPSA) is 97.0 Å². The Morgan fingerprint density at radius 1 is 1.06 bits per heavy atom. The number of nitrogens with one attached hydrogen (secondary N) is 2. The molecule has 0 aromatic heterocycles. The Morgan fingerprint density at radius 3 is 2.59 bits per heavy atom. The van der Waals surface area contributed by atoms with Crippen molar-refractivity contribution in [1.82, 2.24) is 10.2 Å². The second-order valence-corrected chi connectivity index (χ2v) is 8.69. The van der Waals surface area contributed by atoms with Crippen LogP contribution in [-0.4, -0.2) is 61.6 Å². The Bertz CT molecular complexity index is 1030. The fourth-order valence-corrected chi connectivity index (χ4v) is 4.41. The first-order valence-corrected chi connectivity index (χ1v) is 11.8. The molecule has 34 heavy (non-hydrogen) atoms. The summed E-state index contributed by atoms with van der Waals surface area (Å²) < 4.78 is 10.8. The van der Waals surface area contributed by atoms with Crippen LogP contribution in [-0.2, 0) is 20.7 Å². The monoisotopic (exact) mass is 465 g/mol. The number of amides is 3. The summed E-state index contributed by atoms with van der Waals surface area (Å²) in [5, 5.41) is 5.90. The second kappa shape index (κ2) is 11.2. The Hall–Kier alpha value is -3.39. The highest BCUT2D eigenvalue weighted by Gasteiger charge is 2.26. The predicted octanol–water partition coefficient (Wildman–Crippen LogP) is 2.78. The highest BCUT2D eigenvalue weighted by Crippen LogP contribution is 2.20. The first kappa shape index (κ1) is 23.8. The van der Waals surface area contributed by atoms with Gasteiger partial charge in [0.1, 0.15) is 11.9 Å². The molecule has 0 saturated carbocycles. The molecule has 1 unspecified atom stereocenters. The van der Waals surface area contributed by atoms with Gasteiger partial charge in [0.25, 0.3) is 11.8 Å². The van der Waals surface area contributed by atoms with E-state index in [-0.39, 0.29) is 23.8 Å². The van der Waals surface area contributed by atoms with E-state index in [1.165, 1.54) is 0 Å². The molecule has 0 bridgehead atoms. The van der Waals surface area contributed by atoms with Gasteiger partial charge in [-0.2, -0.15) is 0 Å². The number of piperidine rings is 1. The van der Waals surface area contributed by atoms with E-state index >= 15 is 0 Å². The van der Waals surface area contributed by atoms with Gasteiger partial charge in [0.2, 0.25) is 5.91 Å². The highest BCUT2D eigenvalue weighted by molar-refractivity contribution is 5.98. The minimum absolute atomic E-state index is 0.00653. The number of carbonyl (C=O) groups is 3. The van der Waals surface area contributed by atoms with Gasteiger partial charge >= 0.3 is 0 Å². The standard InChI is InChI=1S/C26H31N3O5/c1-33-22-9-3-2-6-18(22)17-24(30)29-13-11-20(12-14-29)27-25(31)19-7-4-8-21(16-19)28-26(32)23-10-5-15-34-23/h2-4,6-9,16,20,23H,5,10-15,17H2,1H3,(H,27,31)(H,28,32). The zero-order valence-electron chi connectivity index (χ0n) is 19.4. The minimum Gasteiger partial charge on any atom is -0.496 e. The molecule has 2 aromatic rings. The maximum atomic E-state index is 12.8. The lowest BCUT2D eigenvalue weighted by Gasteiger charge is -2.32. The molecule has 0 aliphatic carbocycles. The summed E-state index contributed by atoms with van der Waals surface area (Å²) in [6.07, 6.45) is 2.86. The summed E-state index contributed by atoms with van der Waals surface area (Å²) in [4.78, 5) is 39.7. The Morgan fingerprint density at radius 2 is 1.85 bits per heavy atom. The third kappa shape index (κ3) is 5.94. The van der Waals surface area contributed by atoms with Crippen LogP contribution in [0.1, 0.15) is 41.6 Å². The van der Waals surface area contributed by atoms with Gasteiger partial charge in [-0.05, 0) is 49.9 Å². The number of ether oxygens (including phenoxy) is 2. The van der Waals surface area contributed by atoms with Crippen molar-refractivity contribution in [3.63, 3.8) is 0 Å². The first-order valence-electron chi connectivity index (χ1n) is 11.8. The molecule has 0 spiro atoms. The van der Waals surface area contributed by atoms with Crippen molar-refractivity contribution in [2.24, 2.45) is 0 Å². The first-order chi connectivity index (χ1) is 16.5. The number of hydrogen-bond acceptors (Lipinski definition) is 5. The van der Waals surface area contributed by atoms with Crippen LogP contribution in [0, 0.1) is 0 Å². The van der Waals surface area contributed by atoms with Crippen molar-refractivity contribution in [3.05, 3.63) is 59.7 Å². The lowest BCUT2D eigenvalue weighted by Crippen LogP contribution is -2.47. The molecule has 2 aromatic carbocycles. The zero-order valence-corrected chi connectivity index (χ0v) is 19.4. The second-order valence-electron chi connectivity index (χ2n) is 8.69. The van der Waals surface area contributed by atoms with E-state index in [1.54, 1.807) is 31.4 Å². The molecule has 2 aliphatic heterocycles. The highest BCUT2D eigenvalue weighted by atomic mass is 16.5. The zero-order chi connectivity index (χ0) is 23.9. The van der Waals surface area contributed by atoms with E-state index in [0.717, 1.165) is 12.0 Å². The largest absolute Gasteiger partial charge is 0.496 e. The summed E-state index contributed by atoms with van der Waals surface area (Å²) in [5.74, 6) is 0.406. The van der Waals surface area contributed by atoms with Crippen molar-refractivity contribution >= 4 is 23.4 Å². The molecule has 4 rings (SSSR count). The molecule has 3 amide bonds. The van der Waals surface area contributed by atoms with Crippen molar-refractivity contribution in [2.75, 3.05) is 32.1 Å². The number of nitrogens with zero attached hydrogens (tertiary/aromatic N) is 1. The number of hydrogen-bond donors (Lipinski definition) is 2. The van der Waals surface area contributed by atoms with E-state index in [9.17, 15) is 14.4 Å². The van der Waals surface area contributed by atoms with Gasteiger partial charge in [0, 0.05) is 42.6 Å². The quantitative estimate of drug-likeness (QED) is 0.656. The van der Waals surface area contributed by atoms with E-state index in [2.05, 4.69) is 10.6 Å². The van der Waals surface area contributed by atoms with Crippen LogP contribution in [0.25, 0.3) is 0 Å². The number of likely N-dealkylation sites (tertiary alicyclic amines) is 1. The lowest BCUT2D eigenvalue weighted by molar-refractivity contribution is -0.131. The number of para-hydroxylation sites is 1. The van der Waals surface area contributed by atoms with E-state index in [4.69, 9.17) is 9.47 Å². The SMILES string of the molecule is COc1ccccc1CC(=O)N1CCC(NC(=O)c2cccc(NC(=O)C3CCCO3)c2)CC1. The molecule has 180 valence electrons. The molecule has 1 atom stereocenters. The van der Waals surface area contributed by atoms with Crippen LogP contribution >= 0.6 is 0 Å². The van der Waals surface area contributed by atoms with Crippen LogP contribution in [0.3, 0.4) is 0 Å². The minimum atomic E-state index is -0.423. The number of benzene rings is 2. The summed E-state index contributed by atoms with van der Waals surface area (Å²) in [6, 6.07) is 14.4. The maximum absolute atomic E-state index is 12.8. The number of anilines is 1. The smallest absolute Gasteiger partial charge is 0.253 e. The van der Waals surface area contributed by atoms with Crippen LogP contribution in [0.4, 0.5) is 5.69 Å². The van der Waals surface area contributed by atoms with Crippen LogP contribution in [0.15, 0.2) is 48.5 Å². The van der Waals surface area contributed by atoms with E-state index in [1.807, 2.05) is 29.2 Å². The Labute approximate surface area is 199 Å². The molecule has 2 fully saturated rings. The molecule has 2 heterocycles. The number of carbonyl (C=O) groups excluding carboxylic acids is 3. The fourth-order valence-electron chi connectivity index (χ4n) is 4.41. The predicted molar refractivity (Wildman–Crippen MR) is 128 cm³/mol. The van der Waals surface area contributed by atoms with Crippen molar-refractivity contribution < 1.29 is 23.9 Å². The molecule has 2 saturated heterocycles. The molecular formula is C26H31N3O5.